The Kier molecular flexibility index (Phi) is 9.80. The van der Waals surface area contributed by atoms with Crippen LogP contribution in [-0.4, -0.2) is 39.4 Å². The molecule has 0 aliphatic heterocycles. The second-order valence-electron chi connectivity index (χ2n) is 8.20. The highest BCUT2D eigenvalue weighted by atomic mass is 19.1. The van der Waals surface area contributed by atoms with Gasteiger partial charge in [0.05, 0.1) is 17.8 Å². The van der Waals surface area contributed by atoms with Gasteiger partial charge in [0.1, 0.15) is 17.7 Å². The summed E-state index contributed by atoms with van der Waals surface area (Å²) in [5.41, 5.74) is 0.255. The number of ketones is 1. The molecule has 0 radical (unpaired) electrons. The summed E-state index contributed by atoms with van der Waals surface area (Å²) in [4.78, 5) is 11.0. The molecule has 1 saturated carbocycles. The van der Waals surface area contributed by atoms with Crippen LogP contribution in [0.5, 0.6) is 0 Å². The van der Waals surface area contributed by atoms with Crippen molar-refractivity contribution < 1.29 is 24.5 Å². The largest absolute Gasteiger partial charge is 0.393 e. The number of unbranched alkanes of at least 4 members (excludes halogenated alkanes) is 3. The number of hydrogen-bond donors (Lipinski definition) is 3. The highest BCUT2D eigenvalue weighted by molar-refractivity contribution is 5.75. The van der Waals surface area contributed by atoms with Gasteiger partial charge in [-0.15, -0.1) is 0 Å². The normalized spacial score (nSPS) is 24.7. The van der Waals surface area contributed by atoms with E-state index in [0.29, 0.717) is 25.7 Å². The molecule has 1 unspecified atom stereocenters. The average molecular weight is 405 g/mol. The van der Waals surface area contributed by atoms with Gasteiger partial charge >= 0.3 is 0 Å². The van der Waals surface area contributed by atoms with Gasteiger partial charge in [0.25, 0.3) is 0 Å². The fourth-order valence-electron chi connectivity index (χ4n) is 4.23. The van der Waals surface area contributed by atoms with E-state index in [1.54, 1.807) is 25.1 Å². The van der Waals surface area contributed by atoms with Crippen molar-refractivity contribution >= 4 is 5.78 Å². The van der Waals surface area contributed by atoms with E-state index in [9.17, 15) is 24.5 Å². The van der Waals surface area contributed by atoms with Gasteiger partial charge in [-0.05, 0) is 63.0 Å². The average Bonchev–Trinajstić information content (AvgIpc) is 2.94. The maximum Gasteiger partial charge on any atom is 0.138 e. The first-order valence-electron chi connectivity index (χ1n) is 10.7. The van der Waals surface area contributed by atoms with Gasteiger partial charge in [0.15, 0.2) is 0 Å². The fraction of sp³-hybridized carbons (Fsp3) is 0.625. The minimum Gasteiger partial charge on any atom is -0.393 e. The number of carbonyl (C=O) groups is 1. The van der Waals surface area contributed by atoms with Gasteiger partial charge in [-0.25, -0.2) is 4.39 Å². The van der Waals surface area contributed by atoms with Crippen molar-refractivity contribution in [3.05, 3.63) is 35.6 Å². The highest BCUT2D eigenvalue weighted by Gasteiger charge is 2.40. The van der Waals surface area contributed by atoms with E-state index in [1.807, 2.05) is 0 Å². The molecule has 0 spiro atoms. The van der Waals surface area contributed by atoms with E-state index >= 15 is 0 Å². The molecule has 0 heterocycles. The van der Waals surface area contributed by atoms with E-state index in [4.69, 9.17) is 0 Å². The van der Waals surface area contributed by atoms with E-state index in [2.05, 4.69) is 11.8 Å². The summed E-state index contributed by atoms with van der Waals surface area (Å²) >= 11 is 0. The van der Waals surface area contributed by atoms with Gasteiger partial charge in [0, 0.05) is 6.42 Å². The molecule has 0 aromatic heterocycles. The lowest BCUT2D eigenvalue weighted by atomic mass is 9.85. The number of rotatable bonds is 10. The van der Waals surface area contributed by atoms with E-state index in [0.717, 1.165) is 32.1 Å². The van der Waals surface area contributed by atoms with Crippen LogP contribution in [0.4, 0.5) is 4.39 Å². The molecular weight excluding hydrogens is 371 g/mol. The Morgan fingerprint density at radius 3 is 2.45 bits per heavy atom. The zero-order chi connectivity index (χ0) is 21.2. The van der Waals surface area contributed by atoms with E-state index in [1.165, 1.54) is 6.07 Å². The van der Waals surface area contributed by atoms with Gasteiger partial charge in [0.2, 0.25) is 0 Å². The molecule has 160 valence electrons. The Balaban J connectivity index is 1.79. The summed E-state index contributed by atoms with van der Waals surface area (Å²) in [6.45, 7) is 1.61. The number of Topliss-reactive ketones (excluding diaryl/α,β-unsaturated/α-hetero) is 1. The zero-order valence-corrected chi connectivity index (χ0v) is 17.2. The summed E-state index contributed by atoms with van der Waals surface area (Å²) in [6.07, 6.45) is 4.66. The Bertz CT molecular complexity index is 708. The number of aliphatic hydroxyl groups excluding tert-OH is 3. The van der Waals surface area contributed by atoms with Crippen molar-refractivity contribution in [2.24, 2.45) is 11.8 Å². The van der Waals surface area contributed by atoms with E-state index in [-0.39, 0.29) is 23.2 Å². The quantitative estimate of drug-likeness (QED) is 0.411. The monoisotopic (exact) mass is 404 g/mol. The predicted molar refractivity (Wildman–Crippen MR) is 111 cm³/mol. The van der Waals surface area contributed by atoms with Crippen LogP contribution < -0.4 is 0 Å². The third-order valence-corrected chi connectivity index (χ3v) is 5.86. The van der Waals surface area contributed by atoms with Crippen LogP contribution in [0.15, 0.2) is 24.3 Å². The second-order valence-corrected chi connectivity index (χ2v) is 8.20. The standard InChI is InChI=1S/C24H33FO4/c1-17(26)8-4-2-3-5-10-20-21(24(29)16-23(20)28)15-14-19(27)13-12-18-9-6-7-11-22(18)25/h6-7,9,11,19-21,23-24,27-29H,2-5,8,10,14-16H2,1H3/t19?,20-,21-,23+,24-/m1/s1. The summed E-state index contributed by atoms with van der Waals surface area (Å²) in [5.74, 6) is 5.11. The number of hydrogen-bond acceptors (Lipinski definition) is 4. The zero-order valence-electron chi connectivity index (χ0n) is 17.2. The van der Waals surface area contributed by atoms with Gasteiger partial charge in [-0.2, -0.15) is 0 Å². The lowest BCUT2D eigenvalue weighted by molar-refractivity contribution is -0.117. The third kappa shape index (κ3) is 7.89. The van der Waals surface area contributed by atoms with Crippen molar-refractivity contribution in [1.29, 1.82) is 0 Å². The van der Waals surface area contributed by atoms with Gasteiger partial charge < -0.3 is 20.1 Å². The molecule has 4 nitrogen and oxygen atoms in total. The molecule has 29 heavy (non-hydrogen) atoms. The second kappa shape index (κ2) is 12.1. The maximum absolute atomic E-state index is 13.6. The summed E-state index contributed by atoms with van der Waals surface area (Å²) in [5, 5.41) is 30.8. The van der Waals surface area contributed by atoms with Crippen LogP contribution in [-0.2, 0) is 4.79 Å². The lowest BCUT2D eigenvalue weighted by Crippen LogP contribution is -2.23. The van der Waals surface area contributed by atoms with Crippen LogP contribution in [0.2, 0.25) is 0 Å². The Morgan fingerprint density at radius 2 is 1.76 bits per heavy atom. The van der Waals surface area contributed by atoms with Crippen LogP contribution in [0.25, 0.3) is 0 Å². The molecular formula is C24H33FO4. The lowest BCUT2D eigenvalue weighted by Gasteiger charge is -2.24. The first-order chi connectivity index (χ1) is 13.9. The molecule has 1 fully saturated rings. The number of benzene rings is 1. The fourth-order valence-corrected chi connectivity index (χ4v) is 4.23. The van der Waals surface area contributed by atoms with Crippen LogP contribution in [0.1, 0.15) is 70.3 Å². The number of aliphatic hydroxyl groups is 3. The molecule has 3 N–H and O–H groups in total. The molecule has 1 aromatic carbocycles. The Labute approximate surface area is 173 Å². The molecule has 0 saturated heterocycles. The van der Waals surface area contributed by atoms with Crippen LogP contribution >= 0.6 is 0 Å². The number of carbonyl (C=O) groups excluding carboxylic acids is 1. The number of halogens is 1. The minimum atomic E-state index is -0.897. The molecule has 1 aliphatic rings. The molecule has 1 aliphatic carbocycles. The van der Waals surface area contributed by atoms with Crippen molar-refractivity contribution in [3.8, 4) is 11.8 Å². The van der Waals surface area contributed by atoms with E-state index < -0.39 is 24.1 Å². The summed E-state index contributed by atoms with van der Waals surface area (Å²) in [6, 6.07) is 6.18. The molecule has 5 atom stereocenters. The van der Waals surface area contributed by atoms with Crippen LogP contribution in [0.3, 0.4) is 0 Å². The summed E-state index contributed by atoms with van der Waals surface area (Å²) in [7, 11) is 0. The van der Waals surface area contributed by atoms with Crippen molar-refractivity contribution in [3.63, 3.8) is 0 Å². The van der Waals surface area contributed by atoms with Crippen molar-refractivity contribution in [2.75, 3.05) is 0 Å². The Hall–Kier alpha value is -1.74. The molecule has 0 bridgehead atoms. The molecule has 2 rings (SSSR count). The smallest absolute Gasteiger partial charge is 0.138 e. The molecule has 1 aromatic rings. The topological polar surface area (TPSA) is 77.8 Å². The van der Waals surface area contributed by atoms with Crippen molar-refractivity contribution in [1.82, 2.24) is 0 Å². The predicted octanol–water partition coefficient (Wildman–Crippen LogP) is 3.61. The van der Waals surface area contributed by atoms with Gasteiger partial charge in [-0.1, -0.05) is 43.2 Å². The minimum absolute atomic E-state index is 0.0181. The molecule has 0 amide bonds. The first kappa shape index (κ1) is 23.5. The SMILES string of the molecule is CC(=O)CCCCCC[C@@H]1[C@@H](CCC(O)C#Cc2ccccc2F)[C@H](O)C[C@@H]1O. The molecule has 5 heteroatoms. The third-order valence-electron chi connectivity index (χ3n) is 5.86. The Morgan fingerprint density at radius 1 is 1.10 bits per heavy atom. The first-order valence-corrected chi connectivity index (χ1v) is 10.7. The van der Waals surface area contributed by atoms with Gasteiger partial charge in [-0.3, -0.25) is 0 Å². The van der Waals surface area contributed by atoms with Crippen LogP contribution in [0, 0.1) is 29.5 Å². The summed E-state index contributed by atoms with van der Waals surface area (Å²) < 4.78 is 13.6. The maximum atomic E-state index is 13.6. The highest BCUT2D eigenvalue weighted by Crippen LogP contribution is 2.39. The van der Waals surface area contributed by atoms with Crippen molar-refractivity contribution in [2.45, 2.75) is 83.0 Å².